The number of rotatable bonds is 4. The van der Waals surface area contributed by atoms with E-state index in [0.29, 0.717) is 18.3 Å². The number of piperidine rings is 1. The van der Waals surface area contributed by atoms with Crippen LogP contribution in [0.5, 0.6) is 0 Å². The third-order valence-corrected chi connectivity index (χ3v) is 3.44. The topological polar surface area (TPSA) is 83.5 Å². The Hall–Kier alpha value is -1.37. The monoisotopic (exact) mass is 252 g/mol. The molecule has 4 N–H and O–H groups in total. The Balaban J connectivity index is 2.00. The zero-order valence-electron chi connectivity index (χ0n) is 10.6. The van der Waals surface area contributed by atoms with Crippen LogP contribution in [-0.2, 0) is 6.54 Å². The lowest BCUT2D eigenvalue weighted by atomic mass is 10.0. The van der Waals surface area contributed by atoms with E-state index in [-0.39, 0.29) is 5.91 Å². The van der Waals surface area contributed by atoms with Crippen molar-refractivity contribution >= 4 is 5.91 Å². The zero-order chi connectivity index (χ0) is 13.0. The van der Waals surface area contributed by atoms with Gasteiger partial charge in [0.05, 0.1) is 6.26 Å². The summed E-state index contributed by atoms with van der Waals surface area (Å²) in [5, 5.41) is 3.34. The molecule has 2 heterocycles. The molecule has 0 spiro atoms. The van der Waals surface area contributed by atoms with Gasteiger partial charge < -0.3 is 9.73 Å². The van der Waals surface area contributed by atoms with E-state index < -0.39 is 0 Å². The lowest BCUT2D eigenvalue weighted by molar-refractivity contribution is 0.0922. The molecule has 6 nitrogen and oxygen atoms in total. The van der Waals surface area contributed by atoms with E-state index in [0.717, 1.165) is 31.5 Å². The van der Waals surface area contributed by atoms with Crippen molar-refractivity contribution in [1.29, 1.82) is 0 Å². The van der Waals surface area contributed by atoms with Gasteiger partial charge in [0.25, 0.3) is 0 Å². The largest absolute Gasteiger partial charge is 0.459 e. The maximum absolute atomic E-state index is 11.5. The maximum Gasteiger partial charge on any atom is 0.301 e. The third kappa shape index (κ3) is 2.90. The fourth-order valence-electron chi connectivity index (χ4n) is 2.37. The Morgan fingerprint density at radius 2 is 2.33 bits per heavy atom. The van der Waals surface area contributed by atoms with Crippen LogP contribution in [0.25, 0.3) is 0 Å². The van der Waals surface area contributed by atoms with E-state index >= 15 is 0 Å². The first kappa shape index (κ1) is 13.1. The van der Waals surface area contributed by atoms with Gasteiger partial charge in [-0.2, -0.15) is 0 Å². The molecule has 1 aromatic rings. The summed E-state index contributed by atoms with van der Waals surface area (Å²) in [6.07, 6.45) is 3.79. The maximum atomic E-state index is 11.5. The predicted octanol–water partition coefficient (Wildman–Crippen LogP) is 0.0669. The minimum atomic E-state index is -0.381. The summed E-state index contributed by atoms with van der Waals surface area (Å²) in [7, 11) is 2.08. The molecule has 18 heavy (non-hydrogen) atoms. The van der Waals surface area contributed by atoms with E-state index in [2.05, 4.69) is 22.7 Å². The van der Waals surface area contributed by atoms with E-state index in [1.54, 1.807) is 0 Å². The summed E-state index contributed by atoms with van der Waals surface area (Å²) < 4.78 is 5.17. The molecule has 1 aromatic heterocycles. The molecule has 0 bridgehead atoms. The van der Waals surface area contributed by atoms with E-state index in [1.807, 2.05) is 6.07 Å². The van der Waals surface area contributed by atoms with Gasteiger partial charge in [-0.05, 0) is 39.0 Å². The fourth-order valence-corrected chi connectivity index (χ4v) is 2.37. The van der Waals surface area contributed by atoms with Gasteiger partial charge in [-0.15, -0.1) is 0 Å². The molecule has 100 valence electrons. The number of carbonyl (C=O) groups is 1. The van der Waals surface area contributed by atoms with E-state index in [4.69, 9.17) is 10.3 Å². The highest BCUT2D eigenvalue weighted by Crippen LogP contribution is 2.17. The Morgan fingerprint density at radius 3 is 3.00 bits per heavy atom. The van der Waals surface area contributed by atoms with E-state index in [1.165, 1.54) is 6.26 Å². The molecule has 1 aliphatic heterocycles. The van der Waals surface area contributed by atoms with Crippen molar-refractivity contribution in [2.45, 2.75) is 25.4 Å². The van der Waals surface area contributed by atoms with Crippen LogP contribution in [0.15, 0.2) is 16.7 Å². The van der Waals surface area contributed by atoms with Crippen molar-refractivity contribution in [3.8, 4) is 0 Å². The minimum absolute atomic E-state index is 0.304. The minimum Gasteiger partial charge on any atom is -0.459 e. The van der Waals surface area contributed by atoms with Crippen LogP contribution in [0.4, 0.5) is 0 Å². The second-order valence-electron chi connectivity index (χ2n) is 4.64. The number of amides is 1. The summed E-state index contributed by atoms with van der Waals surface area (Å²) in [4.78, 5) is 13.8. The molecule has 1 aliphatic rings. The van der Waals surface area contributed by atoms with Crippen molar-refractivity contribution in [3.63, 3.8) is 0 Å². The second kappa shape index (κ2) is 5.99. The number of nitrogen functional groups attached to an aromatic ring is 1. The molecular weight excluding hydrogens is 232 g/mol. The zero-order valence-corrected chi connectivity index (χ0v) is 10.6. The molecule has 1 amide bonds. The first-order chi connectivity index (χ1) is 8.72. The number of carbonyl (C=O) groups excluding carboxylic acids is 1. The highest BCUT2D eigenvalue weighted by atomic mass is 16.3. The number of nitrogens with zero attached hydrogens (tertiary/aromatic N) is 1. The Bertz CT molecular complexity index is 399. The Labute approximate surface area is 106 Å². The Morgan fingerprint density at radius 1 is 1.61 bits per heavy atom. The summed E-state index contributed by atoms with van der Waals surface area (Å²) in [5.41, 5.74) is 2.97. The molecule has 0 atom stereocenters. The normalized spacial score (nSPS) is 17.1. The van der Waals surface area contributed by atoms with Crippen LogP contribution in [-0.4, -0.2) is 37.0 Å². The van der Waals surface area contributed by atoms with Crippen molar-refractivity contribution in [1.82, 2.24) is 15.6 Å². The van der Waals surface area contributed by atoms with Crippen molar-refractivity contribution < 1.29 is 9.21 Å². The van der Waals surface area contributed by atoms with Crippen LogP contribution in [0.3, 0.4) is 0 Å². The molecule has 0 unspecified atom stereocenters. The van der Waals surface area contributed by atoms with Crippen LogP contribution in [0.1, 0.15) is 29.0 Å². The first-order valence-corrected chi connectivity index (χ1v) is 6.20. The average Bonchev–Trinajstić information content (AvgIpc) is 2.87. The van der Waals surface area contributed by atoms with E-state index in [9.17, 15) is 4.79 Å². The van der Waals surface area contributed by atoms with Gasteiger partial charge in [-0.1, -0.05) is 0 Å². The van der Waals surface area contributed by atoms with Gasteiger partial charge in [-0.3, -0.25) is 15.1 Å². The van der Waals surface area contributed by atoms with Crippen LogP contribution >= 0.6 is 0 Å². The molecule has 0 aliphatic carbocycles. The average molecular weight is 252 g/mol. The van der Waals surface area contributed by atoms with Gasteiger partial charge in [0.1, 0.15) is 0 Å². The van der Waals surface area contributed by atoms with Crippen molar-refractivity contribution in [2.24, 2.45) is 5.84 Å². The number of hydrazine groups is 1. The molecule has 0 aromatic carbocycles. The van der Waals surface area contributed by atoms with Gasteiger partial charge >= 0.3 is 5.91 Å². The standard InChI is InChI=1S/C12H20N4O2/c1-16(10-2-5-14-6-3-10)8-9-4-7-18-11(9)12(17)15-13/h4,7,10,14H,2-3,5-6,8,13H2,1H3,(H,15,17). The number of nitrogens with two attached hydrogens (primary N) is 1. The molecule has 2 rings (SSSR count). The SMILES string of the molecule is CN(Cc1ccoc1C(=O)NN)C1CCNCC1. The summed E-state index contributed by atoms with van der Waals surface area (Å²) in [6, 6.07) is 2.37. The van der Waals surface area contributed by atoms with Crippen molar-refractivity contribution in [3.05, 3.63) is 23.7 Å². The second-order valence-corrected chi connectivity index (χ2v) is 4.64. The highest BCUT2D eigenvalue weighted by Gasteiger charge is 2.21. The fraction of sp³-hybridized carbons (Fsp3) is 0.583. The number of hydrogen-bond donors (Lipinski definition) is 3. The summed E-state index contributed by atoms with van der Waals surface area (Å²) in [6.45, 7) is 2.80. The third-order valence-electron chi connectivity index (χ3n) is 3.44. The molecule has 6 heteroatoms. The van der Waals surface area contributed by atoms with Gasteiger partial charge in [0.2, 0.25) is 0 Å². The quantitative estimate of drug-likeness (QED) is 0.401. The summed E-state index contributed by atoms with van der Waals surface area (Å²) >= 11 is 0. The van der Waals surface area contributed by atoms with Crippen LogP contribution in [0.2, 0.25) is 0 Å². The summed E-state index contributed by atoms with van der Waals surface area (Å²) in [5.74, 6) is 5.05. The smallest absolute Gasteiger partial charge is 0.301 e. The van der Waals surface area contributed by atoms with Gasteiger partial charge in [-0.25, -0.2) is 5.84 Å². The molecular formula is C12H20N4O2. The van der Waals surface area contributed by atoms with Crippen molar-refractivity contribution in [2.75, 3.05) is 20.1 Å². The first-order valence-electron chi connectivity index (χ1n) is 6.20. The number of furan rings is 1. The van der Waals surface area contributed by atoms with Crippen LogP contribution < -0.4 is 16.6 Å². The van der Waals surface area contributed by atoms with Gasteiger partial charge in [0.15, 0.2) is 5.76 Å². The molecule has 1 fully saturated rings. The number of hydrogen-bond acceptors (Lipinski definition) is 5. The number of nitrogens with one attached hydrogen (secondary N) is 2. The lowest BCUT2D eigenvalue weighted by Crippen LogP contribution is -2.41. The predicted molar refractivity (Wildman–Crippen MR) is 67.7 cm³/mol. The lowest BCUT2D eigenvalue weighted by Gasteiger charge is -2.31. The highest BCUT2D eigenvalue weighted by molar-refractivity contribution is 5.92. The van der Waals surface area contributed by atoms with Gasteiger partial charge in [0, 0.05) is 18.2 Å². The van der Waals surface area contributed by atoms with Crippen LogP contribution in [0, 0.1) is 0 Å². The Kier molecular flexibility index (Phi) is 4.35. The molecule has 0 radical (unpaired) electrons. The molecule has 0 saturated carbocycles. The molecule has 1 saturated heterocycles.